The minimum absolute atomic E-state index is 0.0414. The van der Waals surface area contributed by atoms with Crippen molar-refractivity contribution in [3.05, 3.63) is 45.8 Å². The van der Waals surface area contributed by atoms with Gasteiger partial charge in [0.15, 0.2) is 11.3 Å². The largest absolute Gasteiger partial charge is 0.337 e. The van der Waals surface area contributed by atoms with E-state index in [0.717, 1.165) is 59.3 Å². The Morgan fingerprint density at radius 3 is 2.48 bits per heavy atom. The van der Waals surface area contributed by atoms with E-state index in [1.165, 1.54) is 6.42 Å². The van der Waals surface area contributed by atoms with Crippen molar-refractivity contribution in [2.24, 2.45) is 0 Å². The predicted octanol–water partition coefficient (Wildman–Crippen LogP) is 4.05. The van der Waals surface area contributed by atoms with Gasteiger partial charge in [-0.3, -0.25) is 4.79 Å². The Morgan fingerprint density at radius 2 is 1.81 bits per heavy atom. The lowest BCUT2D eigenvalue weighted by Gasteiger charge is -2.26. The number of rotatable bonds is 3. The Morgan fingerprint density at radius 1 is 1.11 bits per heavy atom. The second kappa shape index (κ2) is 7.38. The monoisotopic (exact) mass is 427 g/mol. The number of halogens is 1. The van der Waals surface area contributed by atoms with E-state index in [2.05, 4.69) is 33.1 Å². The van der Waals surface area contributed by atoms with Crippen LogP contribution in [0.3, 0.4) is 0 Å². The van der Waals surface area contributed by atoms with Crippen LogP contribution in [-0.2, 0) is 6.42 Å². The van der Waals surface area contributed by atoms with Crippen LogP contribution in [0.2, 0.25) is 0 Å². The first kappa shape index (κ1) is 18.1. The Kier molecular flexibility index (Phi) is 4.95. The zero-order valence-electron chi connectivity index (χ0n) is 15.6. The van der Waals surface area contributed by atoms with Gasteiger partial charge < -0.3 is 4.90 Å². The third kappa shape index (κ3) is 3.25. The van der Waals surface area contributed by atoms with Gasteiger partial charge in [-0.15, -0.1) is 10.2 Å². The third-order valence-electron chi connectivity index (χ3n) is 5.15. The van der Waals surface area contributed by atoms with Gasteiger partial charge in [0.25, 0.3) is 5.91 Å². The molecule has 3 heterocycles. The number of nitrogens with zero attached hydrogens (tertiary/aromatic N) is 5. The Bertz CT molecular complexity index is 990. The number of piperidine rings is 1. The molecule has 0 bridgehead atoms. The van der Waals surface area contributed by atoms with Crippen molar-refractivity contribution in [3.63, 3.8) is 0 Å². The molecular weight excluding hydrogens is 406 g/mol. The molecule has 1 fully saturated rings. The molecule has 2 aromatic heterocycles. The standard InChI is InChI=1S/C20H22BrN5O/c1-3-16-17(14-7-9-15(21)10-8-14)19-23-22-18(13(2)26(19)24-16)20(27)25-11-5-4-6-12-25/h7-10H,3-6,11-12H2,1-2H3. The molecule has 1 aromatic carbocycles. The van der Waals surface area contributed by atoms with E-state index < -0.39 is 0 Å². The summed E-state index contributed by atoms with van der Waals surface area (Å²) in [5, 5.41) is 13.5. The Hall–Kier alpha value is -2.28. The highest BCUT2D eigenvalue weighted by atomic mass is 79.9. The van der Waals surface area contributed by atoms with Gasteiger partial charge in [0.1, 0.15) is 0 Å². The molecule has 3 aromatic rings. The van der Waals surface area contributed by atoms with Crippen molar-refractivity contribution in [3.8, 4) is 11.1 Å². The van der Waals surface area contributed by atoms with Gasteiger partial charge in [0.2, 0.25) is 0 Å². The number of benzene rings is 1. The number of fused-ring (bicyclic) bond motifs is 1. The van der Waals surface area contributed by atoms with Crippen molar-refractivity contribution < 1.29 is 4.79 Å². The van der Waals surface area contributed by atoms with Crippen LogP contribution in [0.25, 0.3) is 16.8 Å². The van der Waals surface area contributed by atoms with E-state index >= 15 is 0 Å². The summed E-state index contributed by atoms with van der Waals surface area (Å²) in [5.74, 6) is -0.0414. The molecule has 6 nitrogen and oxygen atoms in total. The van der Waals surface area contributed by atoms with Gasteiger partial charge in [-0.2, -0.15) is 5.10 Å². The number of amides is 1. The van der Waals surface area contributed by atoms with Crippen LogP contribution in [0.5, 0.6) is 0 Å². The van der Waals surface area contributed by atoms with Crippen molar-refractivity contribution >= 4 is 27.5 Å². The topological polar surface area (TPSA) is 63.4 Å². The maximum Gasteiger partial charge on any atom is 0.276 e. The molecule has 1 saturated heterocycles. The van der Waals surface area contributed by atoms with Gasteiger partial charge in [-0.1, -0.05) is 35.0 Å². The molecule has 0 aliphatic carbocycles. The van der Waals surface area contributed by atoms with E-state index in [1.807, 2.05) is 36.1 Å². The Balaban J connectivity index is 1.82. The van der Waals surface area contributed by atoms with Gasteiger partial charge in [-0.05, 0) is 50.3 Å². The third-order valence-corrected chi connectivity index (χ3v) is 5.68. The van der Waals surface area contributed by atoms with Gasteiger partial charge >= 0.3 is 0 Å². The van der Waals surface area contributed by atoms with Gasteiger partial charge in [0, 0.05) is 17.6 Å². The van der Waals surface area contributed by atoms with E-state index in [1.54, 1.807) is 4.52 Å². The molecule has 1 aliphatic heterocycles. The van der Waals surface area contributed by atoms with Crippen LogP contribution in [0.1, 0.15) is 48.1 Å². The van der Waals surface area contributed by atoms with Gasteiger partial charge in [-0.25, -0.2) is 4.52 Å². The summed E-state index contributed by atoms with van der Waals surface area (Å²) in [7, 11) is 0. The summed E-state index contributed by atoms with van der Waals surface area (Å²) >= 11 is 3.48. The van der Waals surface area contributed by atoms with E-state index in [9.17, 15) is 4.79 Å². The molecular formula is C20H22BrN5O. The predicted molar refractivity (Wildman–Crippen MR) is 108 cm³/mol. The second-order valence-corrected chi connectivity index (χ2v) is 7.82. The summed E-state index contributed by atoms with van der Waals surface area (Å²) < 4.78 is 2.80. The molecule has 0 saturated carbocycles. The summed E-state index contributed by atoms with van der Waals surface area (Å²) in [4.78, 5) is 14.8. The first-order valence-electron chi connectivity index (χ1n) is 9.40. The maximum atomic E-state index is 12.9. The fraction of sp³-hybridized carbons (Fsp3) is 0.400. The number of hydrogen-bond acceptors (Lipinski definition) is 4. The molecule has 7 heteroatoms. The van der Waals surface area contributed by atoms with Crippen molar-refractivity contribution in [1.82, 2.24) is 24.7 Å². The van der Waals surface area contributed by atoms with Crippen LogP contribution in [0, 0.1) is 6.92 Å². The number of likely N-dealkylation sites (tertiary alicyclic amines) is 1. The van der Waals surface area contributed by atoms with Crippen molar-refractivity contribution in [2.45, 2.75) is 39.5 Å². The minimum atomic E-state index is -0.0414. The quantitative estimate of drug-likeness (QED) is 0.632. The zero-order chi connectivity index (χ0) is 19.0. The average molecular weight is 428 g/mol. The average Bonchev–Trinajstić information content (AvgIpc) is 3.09. The number of carbonyl (C=O) groups is 1. The normalized spacial score (nSPS) is 14.7. The molecule has 27 heavy (non-hydrogen) atoms. The Labute approximate surface area is 166 Å². The van der Waals surface area contributed by atoms with E-state index in [4.69, 9.17) is 5.10 Å². The molecule has 1 aliphatic rings. The minimum Gasteiger partial charge on any atom is -0.337 e. The molecule has 1 amide bonds. The summed E-state index contributed by atoms with van der Waals surface area (Å²) in [6.07, 6.45) is 4.07. The second-order valence-electron chi connectivity index (χ2n) is 6.90. The molecule has 140 valence electrons. The number of aromatic nitrogens is 4. The number of aryl methyl sites for hydroxylation is 2. The lowest BCUT2D eigenvalue weighted by molar-refractivity contribution is 0.0715. The number of carbonyl (C=O) groups excluding carboxylic acids is 1. The van der Waals surface area contributed by atoms with Crippen molar-refractivity contribution in [2.75, 3.05) is 13.1 Å². The fourth-order valence-electron chi connectivity index (χ4n) is 3.65. The highest BCUT2D eigenvalue weighted by molar-refractivity contribution is 9.10. The summed E-state index contributed by atoms with van der Waals surface area (Å²) in [6.45, 7) is 5.56. The molecule has 0 radical (unpaired) electrons. The zero-order valence-corrected chi connectivity index (χ0v) is 17.2. The van der Waals surface area contributed by atoms with Crippen LogP contribution < -0.4 is 0 Å². The first-order chi connectivity index (χ1) is 13.1. The lowest BCUT2D eigenvalue weighted by atomic mass is 10.0. The molecule has 0 spiro atoms. The molecule has 0 N–H and O–H groups in total. The molecule has 0 unspecified atom stereocenters. The molecule has 4 rings (SSSR count). The lowest BCUT2D eigenvalue weighted by Crippen LogP contribution is -2.37. The van der Waals surface area contributed by atoms with Crippen LogP contribution in [-0.4, -0.2) is 43.7 Å². The van der Waals surface area contributed by atoms with E-state index in [-0.39, 0.29) is 5.91 Å². The fourth-order valence-corrected chi connectivity index (χ4v) is 3.92. The van der Waals surface area contributed by atoms with Crippen LogP contribution in [0.15, 0.2) is 28.7 Å². The summed E-state index contributed by atoms with van der Waals surface area (Å²) in [6, 6.07) is 8.10. The SMILES string of the molecule is CCc1nn2c(C)c(C(=O)N3CCCCC3)nnc2c1-c1ccc(Br)cc1. The molecule has 0 atom stereocenters. The van der Waals surface area contributed by atoms with Crippen LogP contribution in [0.4, 0.5) is 0 Å². The maximum absolute atomic E-state index is 12.9. The van der Waals surface area contributed by atoms with Gasteiger partial charge in [0.05, 0.1) is 17.0 Å². The van der Waals surface area contributed by atoms with Crippen molar-refractivity contribution in [1.29, 1.82) is 0 Å². The van der Waals surface area contributed by atoms with Crippen LogP contribution >= 0.6 is 15.9 Å². The smallest absolute Gasteiger partial charge is 0.276 e. The summed E-state index contributed by atoms with van der Waals surface area (Å²) in [5.41, 5.74) is 4.83. The highest BCUT2D eigenvalue weighted by Gasteiger charge is 2.25. The highest BCUT2D eigenvalue weighted by Crippen LogP contribution is 2.30. The first-order valence-corrected chi connectivity index (χ1v) is 10.2. The van der Waals surface area contributed by atoms with E-state index in [0.29, 0.717) is 11.3 Å². The number of hydrogen-bond donors (Lipinski definition) is 0.